The van der Waals surface area contributed by atoms with E-state index in [4.69, 9.17) is 0 Å². The number of fused-ring (bicyclic) bond motifs is 3. The largest absolute Gasteiger partial charge is 0.309 e. The fraction of sp³-hybridized carbons (Fsp3) is 0.706. The molecule has 0 amide bonds. The SMILES string of the molecule is Cn1ncc2c(=O)[nH]c(CN3C[C@@]4(C)C[C@H]3CC(C)(C)C4)nc21. The van der Waals surface area contributed by atoms with Crippen molar-refractivity contribution >= 4 is 11.0 Å². The summed E-state index contributed by atoms with van der Waals surface area (Å²) in [5.74, 6) is 0.750. The van der Waals surface area contributed by atoms with Crippen LogP contribution in [0.5, 0.6) is 0 Å². The fourth-order valence-electron chi connectivity index (χ4n) is 5.11. The number of aromatic amines is 1. The lowest BCUT2D eigenvalue weighted by atomic mass is 9.65. The lowest BCUT2D eigenvalue weighted by Gasteiger charge is -2.39. The summed E-state index contributed by atoms with van der Waals surface area (Å²) < 4.78 is 1.67. The molecule has 23 heavy (non-hydrogen) atoms. The standard InChI is InChI=1S/C17H25N5O/c1-16(2)5-11-6-17(3,9-16)10-22(11)8-13-19-14-12(15(23)20-13)7-18-21(14)4/h7,11H,5-6,8-10H2,1-4H3,(H,19,20,23)/t11-,17+/m1/s1. The van der Waals surface area contributed by atoms with Gasteiger partial charge < -0.3 is 4.98 Å². The van der Waals surface area contributed by atoms with Crippen molar-refractivity contribution in [3.05, 3.63) is 22.4 Å². The van der Waals surface area contributed by atoms with Crippen LogP contribution >= 0.6 is 0 Å². The van der Waals surface area contributed by atoms with Crippen LogP contribution in [-0.2, 0) is 13.6 Å². The van der Waals surface area contributed by atoms with E-state index >= 15 is 0 Å². The normalized spacial score (nSPS) is 30.2. The number of nitrogens with one attached hydrogen (secondary N) is 1. The molecule has 124 valence electrons. The van der Waals surface area contributed by atoms with Crippen molar-refractivity contribution in [2.75, 3.05) is 6.54 Å². The van der Waals surface area contributed by atoms with Crippen molar-refractivity contribution in [3.8, 4) is 0 Å². The zero-order valence-corrected chi connectivity index (χ0v) is 14.4. The highest BCUT2D eigenvalue weighted by atomic mass is 16.1. The van der Waals surface area contributed by atoms with Gasteiger partial charge in [-0.3, -0.25) is 14.4 Å². The summed E-state index contributed by atoms with van der Waals surface area (Å²) in [6, 6.07) is 0.594. The van der Waals surface area contributed by atoms with Gasteiger partial charge in [0.25, 0.3) is 5.56 Å². The van der Waals surface area contributed by atoms with E-state index < -0.39 is 0 Å². The minimum Gasteiger partial charge on any atom is -0.309 e. The van der Waals surface area contributed by atoms with Gasteiger partial charge in [-0.25, -0.2) is 4.98 Å². The number of likely N-dealkylation sites (tertiary alicyclic amines) is 1. The average molecular weight is 315 g/mol. The Morgan fingerprint density at radius 2 is 2.13 bits per heavy atom. The Balaban J connectivity index is 1.64. The lowest BCUT2D eigenvalue weighted by Crippen LogP contribution is -2.35. The van der Waals surface area contributed by atoms with Gasteiger partial charge in [0, 0.05) is 19.6 Å². The summed E-state index contributed by atoms with van der Waals surface area (Å²) in [5, 5.41) is 4.69. The highest BCUT2D eigenvalue weighted by molar-refractivity contribution is 5.72. The third-order valence-electron chi connectivity index (χ3n) is 5.53. The maximum absolute atomic E-state index is 12.2. The third-order valence-corrected chi connectivity index (χ3v) is 5.53. The quantitative estimate of drug-likeness (QED) is 0.921. The summed E-state index contributed by atoms with van der Waals surface area (Å²) in [4.78, 5) is 22.3. The minimum absolute atomic E-state index is 0.0909. The molecule has 2 aromatic heterocycles. The molecule has 2 aromatic rings. The van der Waals surface area contributed by atoms with E-state index in [9.17, 15) is 4.79 Å². The van der Waals surface area contributed by atoms with Crippen LogP contribution in [0.3, 0.4) is 0 Å². The Hall–Kier alpha value is -1.69. The summed E-state index contributed by atoms with van der Waals surface area (Å²) in [7, 11) is 1.82. The number of nitrogens with zero attached hydrogens (tertiary/aromatic N) is 4. The van der Waals surface area contributed by atoms with E-state index in [0.29, 0.717) is 34.4 Å². The van der Waals surface area contributed by atoms with Crippen molar-refractivity contribution in [2.45, 2.75) is 52.6 Å². The fourth-order valence-corrected chi connectivity index (χ4v) is 5.11. The minimum atomic E-state index is -0.0909. The van der Waals surface area contributed by atoms with E-state index in [1.165, 1.54) is 19.3 Å². The first-order chi connectivity index (χ1) is 10.7. The molecule has 1 N–H and O–H groups in total. The Bertz CT molecular complexity index is 820. The average Bonchev–Trinajstić information content (AvgIpc) is 2.88. The molecular weight excluding hydrogens is 290 g/mol. The van der Waals surface area contributed by atoms with E-state index in [1.807, 2.05) is 7.05 Å². The van der Waals surface area contributed by atoms with Gasteiger partial charge in [0.2, 0.25) is 0 Å². The van der Waals surface area contributed by atoms with Crippen molar-refractivity contribution in [3.63, 3.8) is 0 Å². The molecule has 1 aliphatic heterocycles. The van der Waals surface area contributed by atoms with Crippen LogP contribution in [0, 0.1) is 10.8 Å². The topological polar surface area (TPSA) is 66.8 Å². The van der Waals surface area contributed by atoms with Gasteiger partial charge in [-0.15, -0.1) is 0 Å². The molecule has 1 aliphatic carbocycles. The van der Waals surface area contributed by atoms with Crippen LogP contribution in [0.25, 0.3) is 11.0 Å². The predicted octanol–water partition coefficient (Wildman–Crippen LogP) is 2.06. The Morgan fingerprint density at radius 3 is 2.91 bits per heavy atom. The van der Waals surface area contributed by atoms with E-state index in [2.05, 4.69) is 40.7 Å². The molecule has 0 spiro atoms. The van der Waals surface area contributed by atoms with E-state index in [1.54, 1.807) is 10.9 Å². The van der Waals surface area contributed by atoms with Crippen LogP contribution < -0.4 is 5.56 Å². The second-order valence-electron chi connectivity index (χ2n) is 8.64. The van der Waals surface area contributed by atoms with Gasteiger partial charge in [-0.1, -0.05) is 20.8 Å². The number of aromatic nitrogens is 4. The lowest BCUT2D eigenvalue weighted by molar-refractivity contribution is 0.126. The number of H-pyrrole nitrogens is 1. The molecule has 6 heteroatoms. The van der Waals surface area contributed by atoms with Crippen LogP contribution in [0.1, 0.15) is 45.9 Å². The summed E-state index contributed by atoms with van der Waals surface area (Å²) in [6.45, 7) is 8.97. The first-order valence-corrected chi connectivity index (χ1v) is 8.40. The number of rotatable bonds is 2. The monoisotopic (exact) mass is 315 g/mol. The van der Waals surface area contributed by atoms with Gasteiger partial charge in [-0.2, -0.15) is 5.10 Å². The molecule has 2 fully saturated rings. The highest BCUT2D eigenvalue weighted by Crippen LogP contribution is 2.52. The Kier molecular flexibility index (Phi) is 3.01. The molecule has 2 bridgehead atoms. The molecule has 0 radical (unpaired) electrons. The smallest absolute Gasteiger partial charge is 0.262 e. The molecule has 3 heterocycles. The molecule has 0 aromatic carbocycles. The molecule has 1 saturated carbocycles. The van der Waals surface area contributed by atoms with Crippen molar-refractivity contribution in [1.82, 2.24) is 24.6 Å². The second kappa shape index (κ2) is 4.66. The highest BCUT2D eigenvalue weighted by Gasteiger charge is 2.49. The zero-order chi connectivity index (χ0) is 16.4. The first kappa shape index (κ1) is 14.9. The first-order valence-electron chi connectivity index (χ1n) is 8.40. The predicted molar refractivity (Wildman–Crippen MR) is 89.1 cm³/mol. The van der Waals surface area contributed by atoms with Crippen LogP contribution in [0.4, 0.5) is 0 Å². The van der Waals surface area contributed by atoms with E-state index in [-0.39, 0.29) is 5.56 Å². The number of hydrogen-bond donors (Lipinski definition) is 1. The van der Waals surface area contributed by atoms with Gasteiger partial charge in [0.15, 0.2) is 5.65 Å². The van der Waals surface area contributed by atoms with Crippen LogP contribution in [-0.4, -0.2) is 37.2 Å². The van der Waals surface area contributed by atoms with Crippen molar-refractivity contribution in [2.24, 2.45) is 17.9 Å². The molecule has 0 unspecified atom stereocenters. The van der Waals surface area contributed by atoms with Crippen molar-refractivity contribution < 1.29 is 0 Å². The van der Waals surface area contributed by atoms with Gasteiger partial charge in [0.05, 0.1) is 12.7 Å². The third kappa shape index (κ3) is 2.49. The summed E-state index contributed by atoms with van der Waals surface area (Å²) >= 11 is 0. The van der Waals surface area contributed by atoms with E-state index in [0.717, 1.165) is 12.4 Å². The zero-order valence-electron chi connectivity index (χ0n) is 14.4. The van der Waals surface area contributed by atoms with Gasteiger partial charge in [-0.05, 0) is 30.1 Å². The summed E-state index contributed by atoms with van der Waals surface area (Å²) in [5.41, 5.74) is 1.37. The van der Waals surface area contributed by atoms with Crippen molar-refractivity contribution in [1.29, 1.82) is 0 Å². The van der Waals surface area contributed by atoms with Crippen LogP contribution in [0.2, 0.25) is 0 Å². The van der Waals surface area contributed by atoms with Crippen LogP contribution in [0.15, 0.2) is 11.0 Å². The Labute approximate surface area is 135 Å². The molecule has 4 rings (SSSR count). The number of aryl methyl sites for hydroxylation is 1. The molecule has 2 aliphatic rings. The maximum Gasteiger partial charge on any atom is 0.262 e. The van der Waals surface area contributed by atoms with Gasteiger partial charge >= 0.3 is 0 Å². The molecule has 2 atom stereocenters. The number of hydrogen-bond acceptors (Lipinski definition) is 4. The maximum atomic E-state index is 12.2. The van der Waals surface area contributed by atoms with Gasteiger partial charge in [0.1, 0.15) is 11.2 Å². The second-order valence-corrected chi connectivity index (χ2v) is 8.64. The molecular formula is C17H25N5O. The Morgan fingerprint density at radius 1 is 1.35 bits per heavy atom. The molecule has 6 nitrogen and oxygen atoms in total. The molecule has 1 saturated heterocycles. The summed E-state index contributed by atoms with van der Waals surface area (Å²) in [6.07, 6.45) is 5.34.